The van der Waals surface area contributed by atoms with Crippen LogP contribution in [0.5, 0.6) is 0 Å². The van der Waals surface area contributed by atoms with Gasteiger partial charge in [0.2, 0.25) is 0 Å². The molecule has 94 valence electrons. The quantitative estimate of drug-likeness (QED) is 0.851. The van der Waals surface area contributed by atoms with Crippen molar-refractivity contribution < 1.29 is 4.74 Å². The number of hydrogen-bond acceptors (Lipinski definition) is 4. The Bertz CT molecular complexity index is 379. The molecule has 0 bridgehead atoms. The van der Waals surface area contributed by atoms with Gasteiger partial charge in [0.05, 0.1) is 18.9 Å². The Morgan fingerprint density at radius 2 is 2.18 bits per heavy atom. The van der Waals surface area contributed by atoms with Crippen molar-refractivity contribution in [3.63, 3.8) is 0 Å². The Hall–Kier alpha value is -1.16. The number of unbranched alkanes of at least 4 members (excludes halogenated alkanes) is 1. The van der Waals surface area contributed by atoms with Crippen molar-refractivity contribution in [3.8, 4) is 0 Å². The summed E-state index contributed by atoms with van der Waals surface area (Å²) in [6.07, 6.45) is 4.22. The van der Waals surface area contributed by atoms with Crippen LogP contribution in [0.25, 0.3) is 0 Å². The topological polar surface area (TPSA) is 47.0 Å². The Labute approximate surface area is 103 Å². The number of nitrogens with one attached hydrogen (secondary N) is 1. The number of aryl methyl sites for hydroxylation is 1. The molecule has 0 radical (unpaired) electrons. The van der Waals surface area contributed by atoms with Gasteiger partial charge in [0, 0.05) is 24.9 Å². The number of ether oxygens (including phenoxy) is 1. The predicted molar refractivity (Wildman–Crippen MR) is 68.2 cm³/mol. The van der Waals surface area contributed by atoms with Crippen molar-refractivity contribution in [1.29, 1.82) is 0 Å². The number of nitrogens with zero attached hydrogens (tertiary/aromatic N) is 2. The van der Waals surface area contributed by atoms with Crippen LogP contribution in [0.2, 0.25) is 0 Å². The van der Waals surface area contributed by atoms with Gasteiger partial charge >= 0.3 is 0 Å². The molecule has 17 heavy (non-hydrogen) atoms. The highest BCUT2D eigenvalue weighted by Crippen LogP contribution is 2.22. The van der Waals surface area contributed by atoms with E-state index in [9.17, 15) is 0 Å². The maximum absolute atomic E-state index is 5.48. The summed E-state index contributed by atoms with van der Waals surface area (Å²) in [5.74, 6) is 1.95. The molecule has 1 aromatic heterocycles. The monoisotopic (exact) mass is 235 g/mol. The van der Waals surface area contributed by atoms with Crippen molar-refractivity contribution >= 4 is 5.82 Å². The largest absolute Gasteiger partial charge is 0.376 e. The molecule has 0 atom stereocenters. The third-order valence-electron chi connectivity index (χ3n) is 2.97. The molecular formula is C13H21N3O. The van der Waals surface area contributed by atoms with Crippen LogP contribution in [0.3, 0.4) is 0 Å². The standard InChI is InChI=1S/C13H21N3O/c1-3-5-6-12-15-11-7-8-17-9-10(11)13(16-12)14-4-2/h3-9H2,1-2H3,(H,14,15,16). The first-order valence-electron chi connectivity index (χ1n) is 6.55. The fourth-order valence-electron chi connectivity index (χ4n) is 2.04. The van der Waals surface area contributed by atoms with Gasteiger partial charge in [-0.15, -0.1) is 0 Å². The van der Waals surface area contributed by atoms with E-state index in [1.54, 1.807) is 0 Å². The Morgan fingerprint density at radius 1 is 1.29 bits per heavy atom. The van der Waals surface area contributed by atoms with E-state index >= 15 is 0 Å². The van der Waals surface area contributed by atoms with Gasteiger partial charge in [0.1, 0.15) is 11.6 Å². The number of anilines is 1. The average Bonchev–Trinajstić information content (AvgIpc) is 2.37. The molecule has 0 aromatic carbocycles. The summed E-state index contributed by atoms with van der Waals surface area (Å²) in [6, 6.07) is 0. The molecule has 0 amide bonds. The van der Waals surface area contributed by atoms with Gasteiger partial charge in [-0.3, -0.25) is 0 Å². The van der Waals surface area contributed by atoms with E-state index in [2.05, 4.69) is 29.1 Å². The minimum Gasteiger partial charge on any atom is -0.376 e. The lowest BCUT2D eigenvalue weighted by Crippen LogP contribution is -2.18. The fraction of sp³-hybridized carbons (Fsp3) is 0.692. The molecule has 0 fully saturated rings. The van der Waals surface area contributed by atoms with Crippen LogP contribution in [-0.2, 0) is 24.2 Å². The summed E-state index contributed by atoms with van der Waals surface area (Å²) in [5, 5.41) is 3.32. The summed E-state index contributed by atoms with van der Waals surface area (Å²) < 4.78 is 5.48. The van der Waals surface area contributed by atoms with Crippen LogP contribution in [0, 0.1) is 0 Å². The highest BCUT2D eigenvalue weighted by atomic mass is 16.5. The molecule has 4 nitrogen and oxygen atoms in total. The molecule has 0 aliphatic carbocycles. The van der Waals surface area contributed by atoms with E-state index in [1.807, 2.05) is 0 Å². The maximum atomic E-state index is 5.48. The molecule has 2 rings (SSSR count). The zero-order valence-corrected chi connectivity index (χ0v) is 10.8. The molecule has 0 spiro atoms. The van der Waals surface area contributed by atoms with Crippen LogP contribution in [0.15, 0.2) is 0 Å². The van der Waals surface area contributed by atoms with Crippen molar-refractivity contribution in [2.45, 2.75) is 46.1 Å². The fourth-order valence-corrected chi connectivity index (χ4v) is 2.04. The first-order valence-corrected chi connectivity index (χ1v) is 6.55. The summed E-state index contributed by atoms with van der Waals surface area (Å²) >= 11 is 0. The van der Waals surface area contributed by atoms with Gasteiger partial charge < -0.3 is 10.1 Å². The first kappa shape index (κ1) is 12.3. The molecule has 1 aromatic rings. The van der Waals surface area contributed by atoms with E-state index < -0.39 is 0 Å². The highest BCUT2D eigenvalue weighted by Gasteiger charge is 2.17. The van der Waals surface area contributed by atoms with E-state index in [4.69, 9.17) is 4.74 Å². The Balaban J connectivity index is 2.27. The minimum atomic E-state index is 0.645. The summed E-state index contributed by atoms with van der Waals surface area (Å²) in [7, 11) is 0. The van der Waals surface area contributed by atoms with Crippen LogP contribution >= 0.6 is 0 Å². The Morgan fingerprint density at radius 3 is 2.94 bits per heavy atom. The first-order chi connectivity index (χ1) is 8.35. The minimum absolute atomic E-state index is 0.645. The van der Waals surface area contributed by atoms with E-state index in [0.29, 0.717) is 6.61 Å². The Kier molecular flexibility index (Phi) is 4.31. The second kappa shape index (κ2) is 5.96. The third kappa shape index (κ3) is 2.94. The van der Waals surface area contributed by atoms with Gasteiger partial charge in [-0.05, 0) is 13.3 Å². The predicted octanol–water partition coefficient (Wildman–Crippen LogP) is 2.32. The molecule has 2 heterocycles. The lowest BCUT2D eigenvalue weighted by Gasteiger charge is -2.19. The van der Waals surface area contributed by atoms with Crippen LogP contribution in [0.4, 0.5) is 5.82 Å². The molecule has 0 unspecified atom stereocenters. The zero-order chi connectivity index (χ0) is 12.1. The summed E-state index contributed by atoms with van der Waals surface area (Å²) in [6.45, 7) is 6.59. The summed E-state index contributed by atoms with van der Waals surface area (Å²) in [4.78, 5) is 9.27. The van der Waals surface area contributed by atoms with E-state index in [1.165, 1.54) is 12.1 Å². The average molecular weight is 235 g/mol. The van der Waals surface area contributed by atoms with Gasteiger partial charge in [-0.25, -0.2) is 9.97 Å². The lowest BCUT2D eigenvalue weighted by molar-refractivity contribution is 0.109. The zero-order valence-electron chi connectivity index (χ0n) is 10.8. The maximum Gasteiger partial charge on any atom is 0.135 e. The van der Waals surface area contributed by atoms with Crippen LogP contribution < -0.4 is 5.32 Å². The van der Waals surface area contributed by atoms with Gasteiger partial charge in [-0.2, -0.15) is 0 Å². The normalized spacial score (nSPS) is 14.5. The number of fused-ring (bicyclic) bond motifs is 1. The van der Waals surface area contributed by atoms with Crippen molar-refractivity contribution in [2.24, 2.45) is 0 Å². The van der Waals surface area contributed by atoms with E-state index in [0.717, 1.165) is 49.6 Å². The molecule has 0 saturated heterocycles. The molecule has 1 aliphatic rings. The smallest absolute Gasteiger partial charge is 0.135 e. The van der Waals surface area contributed by atoms with Gasteiger partial charge in [-0.1, -0.05) is 13.3 Å². The van der Waals surface area contributed by atoms with Crippen molar-refractivity contribution in [3.05, 3.63) is 17.1 Å². The SMILES string of the molecule is CCCCc1nc2c(c(NCC)n1)COCC2. The number of hydrogen-bond donors (Lipinski definition) is 1. The number of rotatable bonds is 5. The van der Waals surface area contributed by atoms with Gasteiger partial charge in [0.25, 0.3) is 0 Å². The van der Waals surface area contributed by atoms with Crippen molar-refractivity contribution in [1.82, 2.24) is 9.97 Å². The van der Waals surface area contributed by atoms with Gasteiger partial charge in [0.15, 0.2) is 0 Å². The third-order valence-corrected chi connectivity index (χ3v) is 2.97. The van der Waals surface area contributed by atoms with Crippen LogP contribution in [0.1, 0.15) is 43.8 Å². The molecular weight excluding hydrogens is 214 g/mol. The molecule has 1 N–H and O–H groups in total. The second-order valence-electron chi connectivity index (χ2n) is 4.35. The molecule has 0 saturated carbocycles. The molecule has 1 aliphatic heterocycles. The van der Waals surface area contributed by atoms with Crippen molar-refractivity contribution in [2.75, 3.05) is 18.5 Å². The van der Waals surface area contributed by atoms with Crippen LogP contribution in [-0.4, -0.2) is 23.1 Å². The van der Waals surface area contributed by atoms with E-state index in [-0.39, 0.29) is 0 Å². The highest BCUT2D eigenvalue weighted by molar-refractivity contribution is 5.47. The summed E-state index contributed by atoms with van der Waals surface area (Å²) in [5.41, 5.74) is 2.33. The molecule has 4 heteroatoms. The second-order valence-corrected chi connectivity index (χ2v) is 4.35. The lowest BCUT2D eigenvalue weighted by atomic mass is 10.1. The number of aromatic nitrogens is 2.